The van der Waals surface area contributed by atoms with Gasteiger partial charge in [0.2, 0.25) is 0 Å². The summed E-state index contributed by atoms with van der Waals surface area (Å²) in [6, 6.07) is 5.18. The van der Waals surface area contributed by atoms with Gasteiger partial charge >= 0.3 is 6.18 Å². The number of amides is 1. The molecule has 8 heteroatoms. The molecule has 128 valence electrons. The molecule has 0 radical (unpaired) electrons. The molecule has 0 spiro atoms. The molecule has 1 fully saturated rings. The van der Waals surface area contributed by atoms with E-state index >= 15 is 0 Å². The lowest BCUT2D eigenvalue weighted by atomic mass is 10.0. The topological polar surface area (TPSA) is 58.2 Å². The molecular formula is C16H16F3N3O2. The van der Waals surface area contributed by atoms with E-state index in [1.807, 2.05) is 0 Å². The fourth-order valence-electron chi connectivity index (χ4n) is 2.71. The number of nitrogens with one attached hydrogen (secondary N) is 1. The molecule has 5 nitrogen and oxygen atoms in total. The molecule has 1 aliphatic heterocycles. The third-order valence-corrected chi connectivity index (χ3v) is 3.87. The molecule has 2 heterocycles. The van der Waals surface area contributed by atoms with Crippen LogP contribution in [0.15, 0.2) is 36.8 Å². The number of aromatic nitrogens is 2. The third kappa shape index (κ3) is 3.76. The van der Waals surface area contributed by atoms with Gasteiger partial charge in [-0.1, -0.05) is 18.2 Å². The molecule has 1 unspecified atom stereocenters. The first-order valence-corrected chi connectivity index (χ1v) is 7.49. The van der Waals surface area contributed by atoms with Crippen molar-refractivity contribution in [3.8, 4) is 0 Å². The Hall–Kier alpha value is -2.35. The molecule has 1 amide bonds. The lowest BCUT2D eigenvalue weighted by Gasteiger charge is -2.32. The Bertz CT molecular complexity index is 701. The Labute approximate surface area is 136 Å². The van der Waals surface area contributed by atoms with E-state index in [0.717, 1.165) is 12.1 Å². The average molecular weight is 339 g/mol. The van der Waals surface area contributed by atoms with Crippen molar-refractivity contribution in [1.29, 1.82) is 0 Å². The molecule has 1 aliphatic rings. The predicted molar refractivity (Wildman–Crippen MR) is 79.4 cm³/mol. The predicted octanol–water partition coefficient (Wildman–Crippen LogP) is 2.51. The Morgan fingerprint density at radius 1 is 1.42 bits per heavy atom. The van der Waals surface area contributed by atoms with Crippen molar-refractivity contribution in [1.82, 2.24) is 14.9 Å². The summed E-state index contributed by atoms with van der Waals surface area (Å²) in [4.78, 5) is 20.5. The highest BCUT2D eigenvalue weighted by Crippen LogP contribution is 2.30. The maximum atomic E-state index is 12.8. The second-order valence-electron chi connectivity index (χ2n) is 5.61. The number of benzene rings is 1. The van der Waals surface area contributed by atoms with Gasteiger partial charge in [0.15, 0.2) is 0 Å². The fourth-order valence-corrected chi connectivity index (χ4v) is 2.71. The van der Waals surface area contributed by atoms with Gasteiger partial charge in [0.25, 0.3) is 5.91 Å². The zero-order valence-corrected chi connectivity index (χ0v) is 12.7. The monoisotopic (exact) mass is 339 g/mol. The van der Waals surface area contributed by atoms with Crippen molar-refractivity contribution in [3.05, 3.63) is 53.6 Å². The smallest absolute Gasteiger partial charge is 0.374 e. The number of nitrogens with zero attached hydrogens (tertiary/aromatic N) is 2. The summed E-state index contributed by atoms with van der Waals surface area (Å²) in [6.45, 7) is 1.12. The first-order valence-electron chi connectivity index (χ1n) is 7.49. The van der Waals surface area contributed by atoms with E-state index < -0.39 is 11.7 Å². The molecule has 1 aromatic heterocycles. The van der Waals surface area contributed by atoms with E-state index in [0.29, 0.717) is 37.4 Å². The van der Waals surface area contributed by atoms with E-state index in [1.165, 1.54) is 18.6 Å². The van der Waals surface area contributed by atoms with Crippen LogP contribution in [0.4, 0.5) is 13.2 Å². The second kappa shape index (κ2) is 6.64. The molecule has 0 saturated carbocycles. The normalized spacial score (nSPS) is 18.6. The van der Waals surface area contributed by atoms with Crippen molar-refractivity contribution in [3.63, 3.8) is 0 Å². The van der Waals surface area contributed by atoms with Gasteiger partial charge in [-0.15, -0.1) is 0 Å². The summed E-state index contributed by atoms with van der Waals surface area (Å²) in [6.07, 6.45) is -1.52. The van der Waals surface area contributed by atoms with Crippen LogP contribution in [0.25, 0.3) is 0 Å². The first kappa shape index (κ1) is 16.5. The number of carbonyl (C=O) groups is 1. The average Bonchev–Trinajstić information content (AvgIpc) is 3.08. The summed E-state index contributed by atoms with van der Waals surface area (Å²) in [7, 11) is 0. The van der Waals surface area contributed by atoms with Crippen molar-refractivity contribution in [2.75, 3.05) is 19.7 Å². The number of aromatic amines is 1. The van der Waals surface area contributed by atoms with Crippen molar-refractivity contribution in [2.24, 2.45) is 0 Å². The summed E-state index contributed by atoms with van der Waals surface area (Å²) in [5, 5.41) is 0. The maximum Gasteiger partial charge on any atom is 0.416 e. The van der Waals surface area contributed by atoms with E-state index in [4.69, 9.17) is 4.74 Å². The molecule has 1 atom stereocenters. The van der Waals surface area contributed by atoms with Gasteiger partial charge in [-0.3, -0.25) is 4.79 Å². The van der Waals surface area contributed by atoms with Crippen LogP contribution in [-0.2, 0) is 17.3 Å². The van der Waals surface area contributed by atoms with E-state index in [2.05, 4.69) is 9.97 Å². The van der Waals surface area contributed by atoms with Crippen LogP contribution in [0.1, 0.15) is 21.6 Å². The molecule has 24 heavy (non-hydrogen) atoms. The largest absolute Gasteiger partial charge is 0.416 e. The third-order valence-electron chi connectivity index (χ3n) is 3.87. The Kier molecular flexibility index (Phi) is 4.57. The first-order chi connectivity index (χ1) is 11.4. The minimum atomic E-state index is -4.37. The lowest BCUT2D eigenvalue weighted by Crippen LogP contribution is -2.46. The number of H-pyrrole nitrogens is 1. The van der Waals surface area contributed by atoms with E-state index in [1.54, 1.807) is 11.0 Å². The van der Waals surface area contributed by atoms with Crippen LogP contribution in [0.2, 0.25) is 0 Å². The summed E-state index contributed by atoms with van der Waals surface area (Å²) < 4.78 is 43.9. The molecule has 3 rings (SSSR count). The van der Waals surface area contributed by atoms with Crippen LogP contribution in [-0.4, -0.2) is 46.6 Å². The lowest BCUT2D eigenvalue weighted by molar-refractivity contribution is -0.137. The maximum absolute atomic E-state index is 12.8. The van der Waals surface area contributed by atoms with Gasteiger partial charge in [0.05, 0.1) is 30.8 Å². The molecule has 0 bridgehead atoms. The highest BCUT2D eigenvalue weighted by Gasteiger charge is 2.31. The number of imidazole rings is 1. The minimum absolute atomic E-state index is 0.190. The second-order valence-corrected chi connectivity index (χ2v) is 5.61. The Balaban J connectivity index is 1.67. The van der Waals surface area contributed by atoms with Gasteiger partial charge in [-0.25, -0.2) is 4.98 Å². The number of ether oxygens (including phenoxy) is 1. The van der Waals surface area contributed by atoms with Crippen molar-refractivity contribution < 1.29 is 22.7 Å². The highest BCUT2D eigenvalue weighted by molar-refractivity contribution is 5.92. The number of hydrogen-bond donors (Lipinski definition) is 1. The number of rotatable bonds is 3. The summed E-state index contributed by atoms with van der Waals surface area (Å²) >= 11 is 0. The van der Waals surface area contributed by atoms with E-state index in [9.17, 15) is 18.0 Å². The standard InChI is InChI=1S/C16H16F3N3O2/c17-16(18,19)12-3-1-2-11(6-12)7-13-9-22(4-5-24-13)15(23)14-8-20-10-21-14/h1-3,6,8,10,13H,4-5,7,9H2,(H,20,21). The number of alkyl halides is 3. The summed E-state index contributed by atoms with van der Waals surface area (Å²) in [5.41, 5.74) is 0.238. The molecule has 1 aromatic carbocycles. The molecule has 1 N–H and O–H groups in total. The van der Waals surface area contributed by atoms with Gasteiger partial charge in [0, 0.05) is 19.5 Å². The number of halogens is 3. The SMILES string of the molecule is O=C(c1cnc[nH]1)N1CCOC(Cc2cccc(C(F)(F)F)c2)C1. The fraction of sp³-hybridized carbons (Fsp3) is 0.375. The zero-order valence-electron chi connectivity index (χ0n) is 12.7. The minimum Gasteiger partial charge on any atom is -0.374 e. The molecule has 1 saturated heterocycles. The van der Waals surface area contributed by atoms with E-state index in [-0.39, 0.29) is 12.0 Å². The van der Waals surface area contributed by atoms with Crippen LogP contribution >= 0.6 is 0 Å². The Morgan fingerprint density at radius 2 is 2.25 bits per heavy atom. The van der Waals surface area contributed by atoms with Gasteiger partial charge in [-0.2, -0.15) is 13.2 Å². The van der Waals surface area contributed by atoms with Crippen LogP contribution in [0, 0.1) is 0 Å². The van der Waals surface area contributed by atoms with Crippen molar-refractivity contribution in [2.45, 2.75) is 18.7 Å². The highest BCUT2D eigenvalue weighted by atomic mass is 19.4. The van der Waals surface area contributed by atoms with Crippen LogP contribution < -0.4 is 0 Å². The van der Waals surface area contributed by atoms with Crippen LogP contribution in [0.5, 0.6) is 0 Å². The number of hydrogen-bond acceptors (Lipinski definition) is 3. The van der Waals surface area contributed by atoms with Gasteiger partial charge in [-0.05, 0) is 11.6 Å². The zero-order chi connectivity index (χ0) is 17.2. The van der Waals surface area contributed by atoms with Crippen LogP contribution in [0.3, 0.4) is 0 Å². The van der Waals surface area contributed by atoms with Crippen molar-refractivity contribution >= 4 is 5.91 Å². The van der Waals surface area contributed by atoms with Gasteiger partial charge in [0.1, 0.15) is 5.69 Å². The van der Waals surface area contributed by atoms with Gasteiger partial charge < -0.3 is 14.6 Å². The molecular weight excluding hydrogens is 323 g/mol. The number of carbonyl (C=O) groups excluding carboxylic acids is 1. The molecule has 2 aromatic rings. The molecule has 0 aliphatic carbocycles. The number of morpholine rings is 1. The summed E-state index contributed by atoms with van der Waals surface area (Å²) in [5.74, 6) is -0.190. The Morgan fingerprint density at radius 3 is 2.96 bits per heavy atom. The quantitative estimate of drug-likeness (QED) is 0.935.